The predicted octanol–water partition coefficient (Wildman–Crippen LogP) is 2.47. The Morgan fingerprint density at radius 2 is 1.88 bits per heavy atom. The summed E-state index contributed by atoms with van der Waals surface area (Å²) in [7, 11) is 7.71. The predicted molar refractivity (Wildman–Crippen MR) is 102 cm³/mol. The lowest BCUT2D eigenvalue weighted by atomic mass is 9.89. The molecule has 136 valence electrons. The summed E-state index contributed by atoms with van der Waals surface area (Å²) in [5.41, 5.74) is 2.65. The van der Waals surface area contributed by atoms with Crippen molar-refractivity contribution in [2.24, 2.45) is 10.4 Å². The maximum Gasteiger partial charge on any atom is 0.191 e. The molecule has 0 fully saturated rings. The van der Waals surface area contributed by atoms with Gasteiger partial charge in [0.05, 0.1) is 6.10 Å². The van der Waals surface area contributed by atoms with Crippen LogP contribution in [0.3, 0.4) is 0 Å². The van der Waals surface area contributed by atoms with Crippen molar-refractivity contribution in [1.29, 1.82) is 0 Å². The standard InChI is InChI=1S/C19H34N4O/c1-19(2,3)17(24-7)13-22-18(20-4)21-12-15-9-8-10-16(11-15)14-23(5)6/h8-11,17H,12-14H2,1-7H3,(H2,20,21,22). The zero-order chi connectivity index (χ0) is 18.2. The van der Waals surface area contributed by atoms with E-state index in [1.807, 2.05) is 0 Å². The Hall–Kier alpha value is -1.59. The van der Waals surface area contributed by atoms with Gasteiger partial charge in [-0.3, -0.25) is 4.99 Å². The average molecular weight is 335 g/mol. The Balaban J connectivity index is 2.55. The third kappa shape index (κ3) is 7.32. The number of guanidine groups is 1. The average Bonchev–Trinajstić information content (AvgIpc) is 2.49. The summed E-state index contributed by atoms with van der Waals surface area (Å²) >= 11 is 0. The van der Waals surface area contributed by atoms with Crippen LogP contribution in [0.25, 0.3) is 0 Å². The molecular weight excluding hydrogens is 300 g/mol. The Kier molecular flexibility index (Phi) is 8.22. The van der Waals surface area contributed by atoms with E-state index in [0.717, 1.165) is 25.6 Å². The van der Waals surface area contributed by atoms with Crippen molar-refractivity contribution in [2.75, 3.05) is 34.8 Å². The maximum absolute atomic E-state index is 5.58. The third-order valence-corrected chi connectivity index (χ3v) is 3.88. The molecule has 0 bridgehead atoms. The molecule has 1 unspecified atom stereocenters. The van der Waals surface area contributed by atoms with Gasteiger partial charge in [0.1, 0.15) is 0 Å². The van der Waals surface area contributed by atoms with Crippen molar-refractivity contribution in [3.05, 3.63) is 35.4 Å². The molecule has 0 heterocycles. The minimum atomic E-state index is 0.0844. The second-order valence-corrected chi connectivity index (χ2v) is 7.45. The van der Waals surface area contributed by atoms with Gasteiger partial charge in [-0.25, -0.2) is 0 Å². The number of benzene rings is 1. The fourth-order valence-electron chi connectivity index (χ4n) is 2.54. The van der Waals surface area contributed by atoms with Crippen molar-refractivity contribution < 1.29 is 4.74 Å². The number of nitrogens with zero attached hydrogens (tertiary/aromatic N) is 2. The molecule has 24 heavy (non-hydrogen) atoms. The highest BCUT2D eigenvalue weighted by Gasteiger charge is 2.24. The normalized spacial score (nSPS) is 13.9. The van der Waals surface area contributed by atoms with Crippen LogP contribution in [-0.4, -0.2) is 51.8 Å². The SMILES string of the molecule is CN=C(NCc1cccc(CN(C)C)c1)NCC(OC)C(C)(C)C. The second kappa shape index (κ2) is 9.64. The van der Waals surface area contributed by atoms with Crippen molar-refractivity contribution in [2.45, 2.75) is 40.0 Å². The van der Waals surface area contributed by atoms with E-state index in [1.54, 1.807) is 14.2 Å². The molecule has 5 nitrogen and oxygen atoms in total. The highest BCUT2D eigenvalue weighted by molar-refractivity contribution is 5.79. The summed E-state index contributed by atoms with van der Waals surface area (Å²) in [6.45, 7) is 8.94. The molecule has 0 spiro atoms. The van der Waals surface area contributed by atoms with E-state index >= 15 is 0 Å². The van der Waals surface area contributed by atoms with Gasteiger partial charge in [-0.2, -0.15) is 0 Å². The van der Waals surface area contributed by atoms with E-state index in [2.05, 4.69) is 79.7 Å². The van der Waals surface area contributed by atoms with Crippen LogP contribution in [0.4, 0.5) is 0 Å². The number of aliphatic imine (C=N–C) groups is 1. The van der Waals surface area contributed by atoms with Gasteiger partial charge < -0.3 is 20.3 Å². The number of rotatable bonds is 7. The summed E-state index contributed by atoms with van der Waals surface area (Å²) < 4.78 is 5.58. The third-order valence-electron chi connectivity index (χ3n) is 3.88. The molecule has 2 N–H and O–H groups in total. The van der Waals surface area contributed by atoms with Gasteiger partial charge in [-0.05, 0) is 30.6 Å². The van der Waals surface area contributed by atoms with E-state index in [1.165, 1.54) is 11.1 Å². The van der Waals surface area contributed by atoms with Crippen LogP contribution >= 0.6 is 0 Å². The largest absolute Gasteiger partial charge is 0.379 e. The zero-order valence-electron chi connectivity index (χ0n) is 16.3. The molecule has 0 aromatic heterocycles. The Bertz CT molecular complexity index is 520. The van der Waals surface area contributed by atoms with Crippen LogP contribution < -0.4 is 10.6 Å². The molecule has 1 aromatic carbocycles. The molecular formula is C19H34N4O. The van der Waals surface area contributed by atoms with Gasteiger partial charge in [0.15, 0.2) is 5.96 Å². The number of hydrogen-bond donors (Lipinski definition) is 2. The fourth-order valence-corrected chi connectivity index (χ4v) is 2.54. The van der Waals surface area contributed by atoms with E-state index in [0.29, 0.717) is 0 Å². The highest BCUT2D eigenvalue weighted by Crippen LogP contribution is 2.20. The van der Waals surface area contributed by atoms with E-state index in [-0.39, 0.29) is 11.5 Å². The van der Waals surface area contributed by atoms with Gasteiger partial charge in [-0.15, -0.1) is 0 Å². The molecule has 0 amide bonds. The second-order valence-electron chi connectivity index (χ2n) is 7.45. The quantitative estimate of drug-likeness (QED) is 0.594. The maximum atomic E-state index is 5.58. The minimum absolute atomic E-state index is 0.0844. The Morgan fingerprint density at radius 1 is 1.21 bits per heavy atom. The first-order chi connectivity index (χ1) is 11.3. The lowest BCUT2D eigenvalue weighted by Gasteiger charge is -2.30. The summed E-state index contributed by atoms with van der Waals surface area (Å²) in [6.07, 6.45) is 0.125. The first-order valence-electron chi connectivity index (χ1n) is 8.46. The molecule has 0 aliphatic rings. The summed E-state index contributed by atoms with van der Waals surface area (Å²) in [5, 5.41) is 6.72. The van der Waals surface area contributed by atoms with E-state index in [4.69, 9.17) is 4.74 Å². The molecule has 0 radical (unpaired) electrons. The minimum Gasteiger partial charge on any atom is -0.379 e. The molecule has 0 aliphatic heterocycles. The van der Waals surface area contributed by atoms with Gasteiger partial charge >= 0.3 is 0 Å². The number of hydrogen-bond acceptors (Lipinski definition) is 3. The smallest absolute Gasteiger partial charge is 0.191 e. The van der Waals surface area contributed by atoms with E-state index in [9.17, 15) is 0 Å². The number of nitrogens with one attached hydrogen (secondary N) is 2. The van der Waals surface area contributed by atoms with Gasteiger partial charge in [0.25, 0.3) is 0 Å². The van der Waals surface area contributed by atoms with E-state index < -0.39 is 0 Å². The van der Waals surface area contributed by atoms with Crippen molar-refractivity contribution in [3.8, 4) is 0 Å². The van der Waals surface area contributed by atoms with Gasteiger partial charge in [0.2, 0.25) is 0 Å². The first-order valence-corrected chi connectivity index (χ1v) is 8.46. The summed E-state index contributed by atoms with van der Waals surface area (Å²) in [5.74, 6) is 0.791. The molecule has 1 atom stereocenters. The molecule has 0 aliphatic carbocycles. The van der Waals surface area contributed by atoms with Crippen LogP contribution in [-0.2, 0) is 17.8 Å². The van der Waals surface area contributed by atoms with Crippen LogP contribution in [0.1, 0.15) is 31.9 Å². The highest BCUT2D eigenvalue weighted by atomic mass is 16.5. The van der Waals surface area contributed by atoms with Crippen LogP contribution in [0, 0.1) is 5.41 Å². The monoisotopic (exact) mass is 334 g/mol. The number of methoxy groups -OCH3 is 1. The molecule has 5 heteroatoms. The van der Waals surface area contributed by atoms with Crippen molar-refractivity contribution >= 4 is 5.96 Å². The van der Waals surface area contributed by atoms with Gasteiger partial charge in [0, 0.05) is 33.8 Å². The van der Waals surface area contributed by atoms with Crippen molar-refractivity contribution in [1.82, 2.24) is 15.5 Å². The Morgan fingerprint density at radius 3 is 2.42 bits per heavy atom. The van der Waals surface area contributed by atoms with Crippen LogP contribution in [0.2, 0.25) is 0 Å². The zero-order valence-corrected chi connectivity index (χ0v) is 16.3. The lowest BCUT2D eigenvalue weighted by molar-refractivity contribution is 0.0205. The van der Waals surface area contributed by atoms with Crippen molar-refractivity contribution in [3.63, 3.8) is 0 Å². The van der Waals surface area contributed by atoms with Gasteiger partial charge in [-0.1, -0.05) is 45.0 Å². The molecule has 0 saturated heterocycles. The number of ether oxygens (including phenoxy) is 1. The molecule has 0 saturated carbocycles. The topological polar surface area (TPSA) is 48.9 Å². The van der Waals surface area contributed by atoms with Crippen LogP contribution in [0.5, 0.6) is 0 Å². The first kappa shape index (κ1) is 20.5. The molecule has 1 aromatic rings. The van der Waals surface area contributed by atoms with Crippen LogP contribution in [0.15, 0.2) is 29.3 Å². The lowest BCUT2D eigenvalue weighted by Crippen LogP contribution is -2.45. The fraction of sp³-hybridized carbons (Fsp3) is 0.632. The summed E-state index contributed by atoms with van der Waals surface area (Å²) in [6, 6.07) is 8.62. The summed E-state index contributed by atoms with van der Waals surface area (Å²) in [4.78, 5) is 6.46. The molecule has 1 rings (SSSR count). The Labute approximate surface area is 147 Å².